The standard InChI is InChI=1S/C21H27N3OS/c1-21(11-3-12-23-21)16(10-13-22-17-7-8-17)5-2-4-15-6-9-18-19(14-15)26-20(25)24-18/h3,6,9,11-12,14,16-17,22H,2,4-5,7-8,10,13H2,1H3,(H,24,25). The van der Waals surface area contributed by atoms with E-state index in [4.69, 9.17) is 4.99 Å². The first-order valence-corrected chi connectivity index (χ1v) is 10.5. The average molecular weight is 370 g/mol. The summed E-state index contributed by atoms with van der Waals surface area (Å²) in [6.07, 6.45) is 13.5. The van der Waals surface area contributed by atoms with E-state index in [1.165, 1.54) is 42.6 Å². The van der Waals surface area contributed by atoms with Crippen molar-refractivity contribution in [3.8, 4) is 0 Å². The molecule has 2 atom stereocenters. The zero-order valence-corrected chi connectivity index (χ0v) is 16.1. The minimum atomic E-state index is -0.0463. The largest absolute Gasteiger partial charge is 0.314 e. The number of hydrogen-bond acceptors (Lipinski definition) is 4. The topological polar surface area (TPSA) is 57.2 Å². The van der Waals surface area contributed by atoms with Crippen molar-refractivity contribution < 1.29 is 0 Å². The van der Waals surface area contributed by atoms with E-state index in [0.29, 0.717) is 5.92 Å². The summed E-state index contributed by atoms with van der Waals surface area (Å²) in [6.45, 7) is 3.36. The second-order valence-electron chi connectivity index (χ2n) is 7.81. The summed E-state index contributed by atoms with van der Waals surface area (Å²) in [4.78, 5) is 19.1. The Labute approximate surface area is 158 Å². The summed E-state index contributed by atoms with van der Waals surface area (Å²) in [5, 5.41) is 3.65. The normalized spacial score (nSPS) is 23.1. The molecule has 1 aromatic carbocycles. The number of aliphatic imine (C=N–C) groups is 1. The van der Waals surface area contributed by atoms with Gasteiger partial charge in [0, 0.05) is 12.3 Å². The molecule has 26 heavy (non-hydrogen) atoms. The third-order valence-electron chi connectivity index (χ3n) is 5.71. The van der Waals surface area contributed by atoms with Gasteiger partial charge in [0.1, 0.15) is 0 Å². The Balaban J connectivity index is 1.35. The van der Waals surface area contributed by atoms with Crippen molar-refractivity contribution in [2.24, 2.45) is 10.9 Å². The molecule has 0 amide bonds. The second-order valence-corrected chi connectivity index (χ2v) is 8.83. The van der Waals surface area contributed by atoms with Crippen LogP contribution in [-0.4, -0.2) is 29.3 Å². The number of nitrogens with one attached hydrogen (secondary N) is 2. The Hall–Kier alpha value is -1.72. The van der Waals surface area contributed by atoms with E-state index in [2.05, 4.69) is 41.5 Å². The zero-order valence-electron chi connectivity index (χ0n) is 15.3. The number of rotatable bonds is 9. The van der Waals surface area contributed by atoms with E-state index >= 15 is 0 Å². The summed E-state index contributed by atoms with van der Waals surface area (Å²) in [7, 11) is 0. The number of aryl methyl sites for hydroxylation is 1. The smallest absolute Gasteiger partial charge is 0.305 e. The van der Waals surface area contributed by atoms with E-state index in [1.54, 1.807) is 0 Å². The molecule has 0 spiro atoms. The van der Waals surface area contributed by atoms with E-state index in [9.17, 15) is 4.79 Å². The van der Waals surface area contributed by atoms with Crippen molar-refractivity contribution in [1.29, 1.82) is 0 Å². The lowest BCUT2D eigenvalue weighted by molar-refractivity contribution is 0.310. The molecule has 2 N–H and O–H groups in total. The van der Waals surface area contributed by atoms with Gasteiger partial charge in [-0.05, 0) is 81.7 Å². The van der Waals surface area contributed by atoms with Gasteiger partial charge < -0.3 is 10.3 Å². The summed E-state index contributed by atoms with van der Waals surface area (Å²) in [5.74, 6) is 0.566. The van der Waals surface area contributed by atoms with E-state index in [-0.39, 0.29) is 10.4 Å². The Kier molecular flexibility index (Phi) is 5.09. The molecule has 0 saturated heterocycles. The molecule has 1 aromatic heterocycles. The summed E-state index contributed by atoms with van der Waals surface area (Å²) >= 11 is 1.30. The number of aromatic amines is 1. The Morgan fingerprint density at radius 1 is 1.38 bits per heavy atom. The van der Waals surface area contributed by atoms with Crippen LogP contribution < -0.4 is 10.2 Å². The first-order valence-electron chi connectivity index (χ1n) is 9.71. The lowest BCUT2D eigenvalue weighted by atomic mass is 9.80. The monoisotopic (exact) mass is 369 g/mol. The molecule has 2 aromatic rings. The summed E-state index contributed by atoms with van der Waals surface area (Å²) in [6, 6.07) is 7.11. The lowest BCUT2D eigenvalue weighted by Gasteiger charge is -2.30. The van der Waals surface area contributed by atoms with Crippen LogP contribution in [0.25, 0.3) is 10.2 Å². The molecular formula is C21H27N3OS. The Morgan fingerprint density at radius 3 is 3.04 bits per heavy atom. The van der Waals surface area contributed by atoms with Gasteiger partial charge in [-0.3, -0.25) is 9.79 Å². The van der Waals surface area contributed by atoms with E-state index in [0.717, 1.165) is 35.6 Å². The van der Waals surface area contributed by atoms with E-state index in [1.807, 2.05) is 12.3 Å². The van der Waals surface area contributed by atoms with Crippen LogP contribution in [0.3, 0.4) is 0 Å². The number of allylic oxidation sites excluding steroid dienone is 1. The number of benzene rings is 1. The molecule has 1 fully saturated rings. The third kappa shape index (κ3) is 4.15. The molecule has 4 rings (SSSR count). The van der Waals surface area contributed by atoms with Crippen molar-refractivity contribution in [2.45, 2.75) is 57.0 Å². The van der Waals surface area contributed by atoms with Gasteiger partial charge in [-0.25, -0.2) is 0 Å². The predicted octanol–water partition coefficient (Wildman–Crippen LogP) is 4.07. The maximum absolute atomic E-state index is 11.5. The van der Waals surface area contributed by atoms with Crippen LogP contribution in [0.1, 0.15) is 44.6 Å². The van der Waals surface area contributed by atoms with Gasteiger partial charge in [0.05, 0.1) is 15.8 Å². The number of H-pyrrole nitrogens is 1. The highest BCUT2D eigenvalue weighted by molar-refractivity contribution is 7.16. The van der Waals surface area contributed by atoms with Crippen LogP contribution >= 0.6 is 11.3 Å². The lowest BCUT2D eigenvalue weighted by Crippen LogP contribution is -2.32. The van der Waals surface area contributed by atoms with Crippen molar-refractivity contribution in [2.75, 3.05) is 6.54 Å². The number of fused-ring (bicyclic) bond motifs is 1. The van der Waals surface area contributed by atoms with Crippen molar-refractivity contribution in [3.05, 3.63) is 45.6 Å². The number of aromatic nitrogens is 1. The fraction of sp³-hybridized carbons (Fsp3) is 0.524. The van der Waals surface area contributed by atoms with Crippen molar-refractivity contribution >= 4 is 27.8 Å². The number of hydrogen-bond donors (Lipinski definition) is 2. The first-order chi connectivity index (χ1) is 12.6. The minimum absolute atomic E-state index is 0.0270. The van der Waals surface area contributed by atoms with E-state index < -0.39 is 0 Å². The fourth-order valence-electron chi connectivity index (χ4n) is 3.90. The quantitative estimate of drug-likeness (QED) is 0.700. The highest BCUT2D eigenvalue weighted by Crippen LogP contribution is 2.33. The summed E-state index contributed by atoms with van der Waals surface area (Å²) in [5.41, 5.74) is 2.22. The number of thiazole rings is 1. The molecule has 5 heteroatoms. The molecule has 2 heterocycles. The second kappa shape index (κ2) is 7.49. The average Bonchev–Trinajstić information content (AvgIpc) is 3.21. The molecule has 138 valence electrons. The maximum atomic E-state index is 11.5. The Bertz CT molecular complexity index is 863. The molecular weight excluding hydrogens is 342 g/mol. The van der Waals surface area contributed by atoms with Crippen molar-refractivity contribution in [1.82, 2.24) is 10.3 Å². The van der Waals surface area contributed by atoms with Crippen LogP contribution in [0.15, 0.2) is 40.1 Å². The molecule has 4 nitrogen and oxygen atoms in total. The van der Waals surface area contributed by atoms with Gasteiger partial charge in [-0.15, -0.1) is 0 Å². The molecule has 1 aliphatic carbocycles. The van der Waals surface area contributed by atoms with Crippen LogP contribution in [-0.2, 0) is 6.42 Å². The van der Waals surface area contributed by atoms with Gasteiger partial charge in [-0.1, -0.05) is 23.5 Å². The van der Waals surface area contributed by atoms with Gasteiger partial charge in [0.25, 0.3) is 0 Å². The van der Waals surface area contributed by atoms with Gasteiger partial charge in [0.15, 0.2) is 0 Å². The fourth-order valence-corrected chi connectivity index (χ4v) is 4.70. The third-order valence-corrected chi connectivity index (χ3v) is 6.55. The SMILES string of the molecule is CC1(C(CCCc2ccc3[nH]c(=O)sc3c2)CCNC2CC2)C=CC=N1. The van der Waals surface area contributed by atoms with Crippen molar-refractivity contribution in [3.63, 3.8) is 0 Å². The molecule has 1 aliphatic heterocycles. The first kappa shape index (κ1) is 17.7. The minimum Gasteiger partial charge on any atom is -0.314 e. The van der Waals surface area contributed by atoms with Crippen LogP contribution in [0.2, 0.25) is 0 Å². The molecule has 0 bridgehead atoms. The van der Waals surface area contributed by atoms with Gasteiger partial charge in [0.2, 0.25) is 0 Å². The maximum Gasteiger partial charge on any atom is 0.305 e. The van der Waals surface area contributed by atoms with Gasteiger partial charge >= 0.3 is 4.87 Å². The number of nitrogens with zero attached hydrogens (tertiary/aromatic N) is 1. The van der Waals surface area contributed by atoms with Crippen LogP contribution in [0, 0.1) is 5.92 Å². The molecule has 1 saturated carbocycles. The molecule has 2 aliphatic rings. The summed E-state index contributed by atoms with van der Waals surface area (Å²) < 4.78 is 1.06. The Morgan fingerprint density at radius 2 is 2.27 bits per heavy atom. The highest BCUT2D eigenvalue weighted by atomic mass is 32.1. The van der Waals surface area contributed by atoms with Gasteiger partial charge in [-0.2, -0.15) is 0 Å². The highest BCUT2D eigenvalue weighted by Gasteiger charge is 2.32. The molecule has 2 unspecified atom stereocenters. The predicted molar refractivity (Wildman–Crippen MR) is 111 cm³/mol. The van der Waals surface area contributed by atoms with Crippen LogP contribution in [0.5, 0.6) is 0 Å². The zero-order chi connectivity index (χ0) is 18.0. The van der Waals surface area contributed by atoms with Crippen LogP contribution in [0.4, 0.5) is 0 Å². The molecule has 0 radical (unpaired) electrons.